The molecule has 2 saturated heterocycles. The Balaban J connectivity index is 1.21. The molecule has 330 valence electrons. The van der Waals surface area contributed by atoms with Gasteiger partial charge in [0.05, 0.1) is 35.7 Å². The molecule has 16 heteroatoms. The van der Waals surface area contributed by atoms with Gasteiger partial charge in [-0.2, -0.15) is 0 Å². The minimum atomic E-state index is -1.79. The third-order valence-electron chi connectivity index (χ3n) is 17.7. The lowest BCUT2D eigenvalue weighted by Crippen LogP contribution is -2.69. The van der Waals surface area contributed by atoms with Crippen molar-refractivity contribution in [2.75, 3.05) is 13.2 Å². The normalized spacial score (nSPS) is 55.4. The van der Waals surface area contributed by atoms with Crippen LogP contribution >= 0.6 is 0 Å². The second-order valence-electron chi connectivity index (χ2n) is 20.1. The smallest absolute Gasteiger partial charge is 0.317 e. The predicted molar refractivity (Wildman–Crippen MR) is 200 cm³/mol. The van der Waals surface area contributed by atoms with Gasteiger partial charge < -0.3 is 70.0 Å². The second kappa shape index (κ2) is 14.9. The maximum atomic E-state index is 14.6. The summed E-state index contributed by atoms with van der Waals surface area (Å²) in [5.41, 5.74) is -4.51. The molecular formula is C42H66O16. The molecule has 5 aliphatic carbocycles. The molecule has 2 heterocycles. The Kier molecular flexibility index (Phi) is 11.4. The van der Waals surface area contributed by atoms with E-state index in [9.17, 15) is 60.7 Å². The highest BCUT2D eigenvalue weighted by atomic mass is 16.7. The number of carbonyl (C=O) groups is 2. The van der Waals surface area contributed by atoms with E-state index in [-0.39, 0.29) is 24.2 Å². The zero-order valence-electron chi connectivity index (χ0n) is 34.4. The average Bonchev–Trinajstić information content (AvgIpc) is 3.18. The highest BCUT2D eigenvalue weighted by Gasteiger charge is 2.73. The minimum absolute atomic E-state index is 0.0149. The van der Waals surface area contributed by atoms with E-state index in [0.717, 1.165) is 5.57 Å². The summed E-state index contributed by atoms with van der Waals surface area (Å²) in [4.78, 5) is 29.0. The van der Waals surface area contributed by atoms with Gasteiger partial charge in [-0.1, -0.05) is 39.3 Å². The third-order valence-corrected chi connectivity index (χ3v) is 17.7. The van der Waals surface area contributed by atoms with Gasteiger partial charge in [-0.15, -0.1) is 0 Å². The van der Waals surface area contributed by atoms with Crippen LogP contribution in [0.3, 0.4) is 0 Å². The van der Waals surface area contributed by atoms with Crippen molar-refractivity contribution in [2.24, 2.45) is 50.7 Å². The van der Waals surface area contributed by atoms with Crippen molar-refractivity contribution in [3.05, 3.63) is 11.6 Å². The topological polar surface area (TPSA) is 273 Å². The quantitative estimate of drug-likeness (QED) is 0.123. The molecule has 4 saturated carbocycles. The van der Waals surface area contributed by atoms with Gasteiger partial charge in [0.2, 0.25) is 12.6 Å². The van der Waals surface area contributed by atoms with E-state index in [1.165, 1.54) is 0 Å². The van der Waals surface area contributed by atoms with Crippen molar-refractivity contribution < 1.29 is 79.6 Å². The third kappa shape index (κ3) is 6.05. The molecule has 0 amide bonds. The number of rotatable bonds is 6. The molecule has 0 aromatic carbocycles. The summed E-state index contributed by atoms with van der Waals surface area (Å²) in [5.74, 6) is -2.77. The van der Waals surface area contributed by atoms with Gasteiger partial charge in [-0.05, 0) is 106 Å². The molecule has 16 nitrogen and oxygen atoms in total. The van der Waals surface area contributed by atoms with Gasteiger partial charge in [0.25, 0.3) is 0 Å². The lowest BCUT2D eigenvalue weighted by atomic mass is 9.33. The first-order chi connectivity index (χ1) is 27.0. The van der Waals surface area contributed by atoms with E-state index < -0.39 is 131 Å². The summed E-state index contributed by atoms with van der Waals surface area (Å²) in [6, 6.07) is 0. The van der Waals surface area contributed by atoms with Crippen LogP contribution in [0.1, 0.15) is 99.3 Å². The van der Waals surface area contributed by atoms with Gasteiger partial charge in [0, 0.05) is 5.92 Å². The zero-order valence-corrected chi connectivity index (χ0v) is 34.4. The Morgan fingerprint density at radius 1 is 0.690 bits per heavy atom. The first kappa shape index (κ1) is 44.3. The Morgan fingerprint density at radius 2 is 1.24 bits per heavy atom. The minimum Gasteiger partial charge on any atom is -0.432 e. The zero-order chi connectivity index (χ0) is 42.7. The highest BCUT2D eigenvalue weighted by Crippen LogP contribution is 2.76. The van der Waals surface area contributed by atoms with Crippen LogP contribution in [0.4, 0.5) is 0 Å². The summed E-state index contributed by atoms with van der Waals surface area (Å²) in [6.07, 6.45) is -10.7. The molecule has 0 radical (unpaired) electrons. The molecule has 0 spiro atoms. The Morgan fingerprint density at radius 3 is 1.79 bits per heavy atom. The van der Waals surface area contributed by atoms with Crippen LogP contribution in [-0.2, 0) is 28.5 Å². The highest BCUT2D eigenvalue weighted by molar-refractivity contribution is 5.80. The summed E-state index contributed by atoms with van der Waals surface area (Å²) in [5, 5.41) is 107. The molecule has 58 heavy (non-hydrogen) atoms. The molecule has 21 unspecified atom stereocenters. The molecule has 0 aromatic rings. The molecule has 0 aromatic heterocycles. The summed E-state index contributed by atoms with van der Waals surface area (Å²) < 4.78 is 22.7. The van der Waals surface area contributed by atoms with Gasteiger partial charge in [-0.25, -0.2) is 0 Å². The number of fused-ring (bicyclic) bond motifs is 7. The van der Waals surface area contributed by atoms with E-state index in [1.54, 1.807) is 13.8 Å². The first-order valence-corrected chi connectivity index (χ1v) is 21.2. The number of hydrogen-bond donors (Lipinski definition) is 10. The van der Waals surface area contributed by atoms with E-state index in [0.29, 0.717) is 51.4 Å². The average molecular weight is 827 g/mol. The number of esters is 2. The monoisotopic (exact) mass is 826 g/mol. The summed E-state index contributed by atoms with van der Waals surface area (Å²) in [6.45, 7) is 10.7. The van der Waals surface area contributed by atoms with Crippen LogP contribution in [0.15, 0.2) is 11.6 Å². The van der Waals surface area contributed by atoms with Crippen LogP contribution in [0.5, 0.6) is 0 Å². The molecule has 10 N–H and O–H groups in total. The molecule has 7 rings (SSSR count). The van der Waals surface area contributed by atoms with E-state index >= 15 is 0 Å². The number of ether oxygens (including phenoxy) is 4. The molecule has 2 aliphatic heterocycles. The van der Waals surface area contributed by atoms with Crippen LogP contribution in [0.2, 0.25) is 0 Å². The van der Waals surface area contributed by atoms with Crippen molar-refractivity contribution in [1.29, 1.82) is 0 Å². The second-order valence-corrected chi connectivity index (χ2v) is 20.1. The lowest BCUT2D eigenvalue weighted by Gasteiger charge is -2.71. The molecule has 6 fully saturated rings. The maximum absolute atomic E-state index is 14.6. The van der Waals surface area contributed by atoms with Gasteiger partial charge in [0.15, 0.2) is 0 Å². The number of aliphatic hydroxyl groups excluding tert-OH is 9. The fourth-order valence-electron chi connectivity index (χ4n) is 13.6. The van der Waals surface area contributed by atoms with Gasteiger partial charge >= 0.3 is 11.9 Å². The Hall–Kier alpha value is -1.80. The van der Waals surface area contributed by atoms with Gasteiger partial charge in [0.1, 0.15) is 48.8 Å². The SMILES string of the molecule is CC1CCC2(C(=O)OC3OC(CO)C(O)C(O)C3O)CCC3(C)C(=CCC4C5(C)CCC(O)C(C)(C(=O)OC6OC(CO)C(O)C(O)C6O)C5CCC43C)C2C1(C)O. The van der Waals surface area contributed by atoms with Crippen LogP contribution in [0, 0.1) is 50.7 Å². The number of allylic oxidation sites excluding steroid dienone is 1. The molecule has 21 atom stereocenters. The number of hydrogen-bond acceptors (Lipinski definition) is 16. The lowest BCUT2D eigenvalue weighted by molar-refractivity contribution is -0.301. The molecule has 7 aliphatic rings. The standard InChI is InChI=1S/C42H66O16/c1-19-9-14-42(36(53)58-34-31(51)29(49)27(47)22(18-44)56-34)16-15-38(3)20(32(42)41(19,6)54)7-8-23-37(2)12-11-25(45)40(5,24(37)10-13-39(23,38)4)35(52)57-33-30(50)28(48)26(46)21(17-43)55-33/h7,19,21-34,43-51,54H,8-18H2,1-6H3. The first-order valence-electron chi connectivity index (χ1n) is 21.2. The van der Waals surface area contributed by atoms with Crippen molar-refractivity contribution in [3.63, 3.8) is 0 Å². The fraction of sp³-hybridized carbons (Fsp3) is 0.905. The van der Waals surface area contributed by atoms with Crippen LogP contribution < -0.4 is 0 Å². The predicted octanol–water partition coefficient (Wildman–Crippen LogP) is -0.214. The Labute approximate surface area is 339 Å². The summed E-state index contributed by atoms with van der Waals surface area (Å²) >= 11 is 0. The van der Waals surface area contributed by atoms with Crippen molar-refractivity contribution in [3.8, 4) is 0 Å². The van der Waals surface area contributed by atoms with Gasteiger partial charge in [-0.3, -0.25) is 9.59 Å². The number of aliphatic hydroxyl groups is 10. The number of carbonyl (C=O) groups excluding carboxylic acids is 2. The molecule has 0 bridgehead atoms. The fourth-order valence-corrected chi connectivity index (χ4v) is 13.6. The largest absolute Gasteiger partial charge is 0.432 e. The van der Waals surface area contributed by atoms with E-state index in [4.69, 9.17) is 18.9 Å². The molecular weight excluding hydrogens is 760 g/mol. The van der Waals surface area contributed by atoms with E-state index in [1.807, 2.05) is 6.92 Å². The Bertz CT molecular complexity index is 1620. The summed E-state index contributed by atoms with van der Waals surface area (Å²) in [7, 11) is 0. The van der Waals surface area contributed by atoms with E-state index in [2.05, 4.69) is 26.8 Å². The maximum Gasteiger partial charge on any atom is 0.317 e. The van der Waals surface area contributed by atoms with Crippen LogP contribution in [-0.4, -0.2) is 149 Å². The van der Waals surface area contributed by atoms with Crippen LogP contribution in [0.25, 0.3) is 0 Å². The van der Waals surface area contributed by atoms with Crippen molar-refractivity contribution >= 4 is 11.9 Å². The van der Waals surface area contributed by atoms with Crippen molar-refractivity contribution in [2.45, 2.75) is 172 Å². The van der Waals surface area contributed by atoms with Crippen molar-refractivity contribution in [1.82, 2.24) is 0 Å².